The summed E-state index contributed by atoms with van der Waals surface area (Å²) in [7, 11) is -1.94. The Hall–Kier alpha value is -1.38. The molecule has 114 valence electrons. The van der Waals surface area contributed by atoms with Crippen molar-refractivity contribution in [1.82, 2.24) is 15.5 Å². The van der Waals surface area contributed by atoms with Crippen LogP contribution in [0, 0.1) is 13.8 Å². The van der Waals surface area contributed by atoms with Gasteiger partial charge >= 0.3 is 0 Å². The quantitative estimate of drug-likeness (QED) is 0.751. The number of benzene rings is 1. The Balaban J connectivity index is 2.38. The van der Waals surface area contributed by atoms with Crippen LogP contribution >= 0.6 is 15.9 Å². The number of rotatable bonds is 5. The van der Waals surface area contributed by atoms with Gasteiger partial charge in [0.2, 0.25) is 0 Å². The second-order valence-electron chi connectivity index (χ2n) is 4.72. The summed E-state index contributed by atoms with van der Waals surface area (Å²) < 4.78 is 28.7. The number of anilines is 1. The molecule has 6 nitrogen and oxygen atoms in total. The highest BCUT2D eigenvalue weighted by atomic mass is 79.9. The van der Waals surface area contributed by atoms with E-state index < -0.39 is 10.0 Å². The van der Waals surface area contributed by atoms with Crippen LogP contribution in [0.15, 0.2) is 27.6 Å². The Morgan fingerprint density at radius 2 is 2.05 bits per heavy atom. The molecule has 0 amide bonds. The van der Waals surface area contributed by atoms with Crippen molar-refractivity contribution in [3.8, 4) is 0 Å². The average Bonchev–Trinajstić information content (AvgIpc) is 2.76. The van der Waals surface area contributed by atoms with Crippen molar-refractivity contribution in [1.29, 1.82) is 0 Å². The highest BCUT2D eigenvalue weighted by Crippen LogP contribution is 2.24. The van der Waals surface area contributed by atoms with Crippen molar-refractivity contribution in [2.75, 3.05) is 11.8 Å². The molecule has 1 aromatic carbocycles. The number of H-pyrrole nitrogens is 1. The zero-order valence-electron chi connectivity index (χ0n) is 12.0. The fraction of sp³-hybridized carbons (Fsp3) is 0.308. The molecule has 3 N–H and O–H groups in total. The SMILES string of the molecule is CNCc1n[nH]c(C)c1S(=O)(=O)Nc1ccc(Br)c(C)c1. The number of sulfonamides is 1. The van der Waals surface area contributed by atoms with E-state index in [9.17, 15) is 8.42 Å². The van der Waals surface area contributed by atoms with Gasteiger partial charge in [-0.05, 0) is 44.7 Å². The number of nitrogens with zero attached hydrogens (tertiary/aromatic N) is 1. The standard InChI is InChI=1S/C13H17BrN4O2S/c1-8-6-10(4-5-11(8)14)18-21(19,20)13-9(2)16-17-12(13)7-15-3/h4-6,15,18H,7H2,1-3H3,(H,16,17). The van der Waals surface area contributed by atoms with Crippen LogP contribution in [0.25, 0.3) is 0 Å². The molecule has 0 radical (unpaired) electrons. The third-order valence-electron chi connectivity index (χ3n) is 2.98. The Bertz CT molecular complexity index is 756. The van der Waals surface area contributed by atoms with E-state index in [2.05, 4.69) is 36.2 Å². The van der Waals surface area contributed by atoms with E-state index in [0.29, 0.717) is 23.6 Å². The number of hydrogen-bond donors (Lipinski definition) is 3. The van der Waals surface area contributed by atoms with Crippen LogP contribution in [0.5, 0.6) is 0 Å². The van der Waals surface area contributed by atoms with Gasteiger partial charge in [-0.25, -0.2) is 8.42 Å². The lowest BCUT2D eigenvalue weighted by molar-refractivity contribution is 0.598. The lowest BCUT2D eigenvalue weighted by atomic mass is 10.2. The molecule has 0 fully saturated rings. The molecule has 2 rings (SSSR count). The van der Waals surface area contributed by atoms with Crippen molar-refractivity contribution in [3.05, 3.63) is 39.6 Å². The first kappa shape index (κ1) is 16.0. The van der Waals surface area contributed by atoms with Gasteiger partial charge in [0.15, 0.2) is 0 Å². The summed E-state index contributed by atoms with van der Waals surface area (Å²) >= 11 is 3.39. The molecule has 0 bridgehead atoms. The number of aryl methyl sites for hydroxylation is 2. The molecule has 0 aliphatic carbocycles. The van der Waals surface area contributed by atoms with Crippen molar-refractivity contribution < 1.29 is 8.42 Å². The topological polar surface area (TPSA) is 86.9 Å². The van der Waals surface area contributed by atoms with Crippen molar-refractivity contribution in [2.24, 2.45) is 0 Å². The third-order valence-corrected chi connectivity index (χ3v) is 5.46. The number of halogens is 1. The predicted octanol–water partition coefficient (Wildman–Crippen LogP) is 2.31. The smallest absolute Gasteiger partial charge is 0.265 e. The maximum Gasteiger partial charge on any atom is 0.265 e. The van der Waals surface area contributed by atoms with Gasteiger partial charge < -0.3 is 5.32 Å². The number of aromatic nitrogens is 2. The lowest BCUT2D eigenvalue weighted by Crippen LogP contribution is -2.17. The van der Waals surface area contributed by atoms with E-state index in [-0.39, 0.29) is 4.90 Å². The van der Waals surface area contributed by atoms with E-state index in [1.165, 1.54) is 0 Å². The summed E-state index contributed by atoms with van der Waals surface area (Å²) in [6, 6.07) is 5.29. The molecule has 8 heteroatoms. The molecule has 0 unspecified atom stereocenters. The fourth-order valence-electron chi connectivity index (χ4n) is 2.03. The molecule has 0 spiro atoms. The summed E-state index contributed by atoms with van der Waals surface area (Å²) in [4.78, 5) is 0.192. The first-order valence-electron chi connectivity index (χ1n) is 6.32. The molecule has 0 saturated heterocycles. The summed E-state index contributed by atoms with van der Waals surface area (Å²) in [6.07, 6.45) is 0. The van der Waals surface area contributed by atoms with Crippen LogP contribution in [-0.4, -0.2) is 25.7 Å². The molecule has 21 heavy (non-hydrogen) atoms. The molecule has 2 aromatic rings. The summed E-state index contributed by atoms with van der Waals surface area (Å²) in [5.74, 6) is 0. The van der Waals surface area contributed by atoms with Gasteiger partial charge in [-0.1, -0.05) is 15.9 Å². The number of hydrogen-bond acceptors (Lipinski definition) is 4. The molecule has 0 saturated carbocycles. The maximum absolute atomic E-state index is 12.6. The Kier molecular flexibility index (Phi) is 4.70. The van der Waals surface area contributed by atoms with Crippen molar-refractivity contribution in [3.63, 3.8) is 0 Å². The van der Waals surface area contributed by atoms with Gasteiger partial charge in [0, 0.05) is 16.7 Å². The van der Waals surface area contributed by atoms with Gasteiger partial charge in [-0.2, -0.15) is 5.10 Å². The molecule has 1 aromatic heterocycles. The summed E-state index contributed by atoms with van der Waals surface area (Å²) in [6.45, 7) is 3.96. The van der Waals surface area contributed by atoms with E-state index in [0.717, 1.165) is 10.0 Å². The summed E-state index contributed by atoms with van der Waals surface area (Å²) in [5.41, 5.74) is 2.46. The van der Waals surface area contributed by atoms with E-state index in [1.807, 2.05) is 13.0 Å². The minimum Gasteiger partial charge on any atom is -0.314 e. The normalized spacial score (nSPS) is 11.6. The first-order chi connectivity index (χ1) is 9.85. The van der Waals surface area contributed by atoms with Crippen LogP contribution < -0.4 is 10.0 Å². The summed E-state index contributed by atoms with van der Waals surface area (Å²) in [5, 5.41) is 9.66. The van der Waals surface area contributed by atoms with Gasteiger partial charge in [0.1, 0.15) is 4.90 Å². The fourth-order valence-corrected chi connectivity index (χ4v) is 3.69. The molecular weight excluding hydrogens is 356 g/mol. The van der Waals surface area contributed by atoms with Crippen molar-refractivity contribution in [2.45, 2.75) is 25.3 Å². The van der Waals surface area contributed by atoms with E-state index >= 15 is 0 Å². The van der Waals surface area contributed by atoms with Gasteiger partial charge in [-0.3, -0.25) is 9.82 Å². The third kappa shape index (κ3) is 3.45. The maximum atomic E-state index is 12.6. The molecule has 0 aliphatic heterocycles. The van der Waals surface area contributed by atoms with Gasteiger partial charge in [-0.15, -0.1) is 0 Å². The zero-order chi connectivity index (χ0) is 15.6. The van der Waals surface area contributed by atoms with Crippen LogP contribution in [-0.2, 0) is 16.6 Å². The molecular formula is C13H17BrN4O2S. The minimum atomic E-state index is -3.68. The Morgan fingerprint density at radius 1 is 1.33 bits per heavy atom. The lowest BCUT2D eigenvalue weighted by Gasteiger charge is -2.10. The Labute approximate surface area is 132 Å². The molecule has 1 heterocycles. The molecule has 0 atom stereocenters. The van der Waals surface area contributed by atoms with E-state index in [4.69, 9.17) is 0 Å². The number of aromatic amines is 1. The highest BCUT2D eigenvalue weighted by Gasteiger charge is 2.24. The van der Waals surface area contributed by atoms with Crippen LogP contribution in [0.4, 0.5) is 5.69 Å². The first-order valence-corrected chi connectivity index (χ1v) is 8.60. The van der Waals surface area contributed by atoms with Crippen LogP contribution in [0.1, 0.15) is 17.0 Å². The zero-order valence-corrected chi connectivity index (χ0v) is 14.4. The second-order valence-corrected chi connectivity index (χ2v) is 7.20. The monoisotopic (exact) mass is 372 g/mol. The predicted molar refractivity (Wildman–Crippen MR) is 85.8 cm³/mol. The molecule has 0 aliphatic rings. The van der Waals surface area contributed by atoms with Gasteiger partial charge in [0.05, 0.1) is 11.4 Å². The highest BCUT2D eigenvalue weighted by molar-refractivity contribution is 9.10. The number of nitrogens with one attached hydrogen (secondary N) is 3. The average molecular weight is 373 g/mol. The van der Waals surface area contributed by atoms with E-state index in [1.54, 1.807) is 26.1 Å². The van der Waals surface area contributed by atoms with Gasteiger partial charge in [0.25, 0.3) is 10.0 Å². The van der Waals surface area contributed by atoms with Crippen molar-refractivity contribution >= 4 is 31.6 Å². The minimum absolute atomic E-state index is 0.192. The van der Waals surface area contributed by atoms with Crippen LogP contribution in [0.3, 0.4) is 0 Å². The Morgan fingerprint density at radius 3 is 2.67 bits per heavy atom. The largest absolute Gasteiger partial charge is 0.314 e. The van der Waals surface area contributed by atoms with Crippen LogP contribution in [0.2, 0.25) is 0 Å². The second kappa shape index (κ2) is 6.17.